The lowest BCUT2D eigenvalue weighted by molar-refractivity contribution is -0.136. The van der Waals surface area contributed by atoms with Crippen molar-refractivity contribution in [2.24, 2.45) is 4.99 Å². The zero-order chi connectivity index (χ0) is 20.1. The van der Waals surface area contributed by atoms with Gasteiger partial charge in [0.15, 0.2) is 0 Å². The summed E-state index contributed by atoms with van der Waals surface area (Å²) in [4.78, 5) is 21.5. The van der Waals surface area contributed by atoms with Crippen molar-refractivity contribution in [2.45, 2.75) is 60.8 Å². The number of aliphatic imine (C=N–C) groups is 1. The van der Waals surface area contributed by atoms with Crippen LogP contribution < -0.4 is 0 Å². The minimum atomic E-state index is -0.762. The van der Waals surface area contributed by atoms with Gasteiger partial charge in [0.1, 0.15) is 0 Å². The number of carboxylic acids is 1. The van der Waals surface area contributed by atoms with Gasteiger partial charge in [-0.15, -0.1) is 0 Å². The number of aryl methyl sites for hydroxylation is 1. The predicted molar refractivity (Wildman–Crippen MR) is 112 cm³/mol. The summed E-state index contributed by atoms with van der Waals surface area (Å²) in [7, 11) is 0. The molecule has 0 aliphatic carbocycles. The second-order valence-corrected chi connectivity index (χ2v) is 7.27. The van der Waals surface area contributed by atoms with E-state index in [1.54, 1.807) is 0 Å². The van der Waals surface area contributed by atoms with Gasteiger partial charge in [-0.05, 0) is 82.0 Å². The minimum Gasteiger partial charge on any atom is -0.481 e. The van der Waals surface area contributed by atoms with Crippen molar-refractivity contribution in [3.05, 3.63) is 39.4 Å². The van der Waals surface area contributed by atoms with Crippen LogP contribution in [-0.2, 0) is 11.2 Å². The third-order valence-corrected chi connectivity index (χ3v) is 5.64. The maximum atomic E-state index is 10.9. The first-order valence-corrected chi connectivity index (χ1v) is 9.88. The van der Waals surface area contributed by atoms with Crippen molar-refractivity contribution in [3.8, 4) is 0 Å². The molecule has 0 fully saturated rings. The summed E-state index contributed by atoms with van der Waals surface area (Å²) in [6, 6.07) is 0. The van der Waals surface area contributed by atoms with Crippen LogP contribution in [0, 0.1) is 13.8 Å². The van der Waals surface area contributed by atoms with Crippen LogP contribution in [0.5, 0.6) is 0 Å². The molecular formula is C22H33N3O2. The molecule has 0 radical (unpaired) electrons. The molecule has 0 amide bonds. The second-order valence-electron chi connectivity index (χ2n) is 7.27. The fourth-order valence-corrected chi connectivity index (χ4v) is 3.78. The third-order valence-electron chi connectivity index (χ3n) is 5.64. The third kappa shape index (κ3) is 4.98. The van der Waals surface area contributed by atoms with E-state index in [0.717, 1.165) is 60.0 Å². The Kier molecular flexibility index (Phi) is 7.19. The first-order valence-electron chi connectivity index (χ1n) is 9.88. The van der Waals surface area contributed by atoms with Crippen molar-refractivity contribution < 1.29 is 9.90 Å². The van der Waals surface area contributed by atoms with E-state index in [1.165, 1.54) is 11.1 Å². The van der Waals surface area contributed by atoms with E-state index in [0.29, 0.717) is 6.42 Å². The minimum absolute atomic E-state index is 0.154. The van der Waals surface area contributed by atoms with Crippen molar-refractivity contribution >= 4 is 17.8 Å². The highest BCUT2D eigenvalue weighted by molar-refractivity contribution is 6.03. The Balaban J connectivity index is 2.24. The normalized spacial score (nSPS) is 16.0. The number of rotatable bonds is 9. The number of aliphatic carboxylic acids is 1. The summed E-state index contributed by atoms with van der Waals surface area (Å²) in [6.45, 7) is 15.9. The van der Waals surface area contributed by atoms with Crippen LogP contribution in [0.15, 0.2) is 21.8 Å². The van der Waals surface area contributed by atoms with E-state index in [9.17, 15) is 4.79 Å². The molecule has 0 unspecified atom stereocenters. The molecule has 5 nitrogen and oxygen atoms in total. The van der Waals surface area contributed by atoms with Crippen molar-refractivity contribution in [3.63, 3.8) is 0 Å². The molecule has 27 heavy (non-hydrogen) atoms. The Hall–Kier alpha value is -2.14. The zero-order valence-corrected chi connectivity index (χ0v) is 17.6. The summed E-state index contributed by atoms with van der Waals surface area (Å²) < 4.78 is 0. The molecule has 2 rings (SSSR count). The molecule has 1 aliphatic heterocycles. The van der Waals surface area contributed by atoms with E-state index in [4.69, 9.17) is 10.1 Å². The molecule has 2 heterocycles. The van der Waals surface area contributed by atoms with Gasteiger partial charge in [-0.2, -0.15) is 0 Å². The summed E-state index contributed by atoms with van der Waals surface area (Å²) >= 11 is 0. The van der Waals surface area contributed by atoms with Crippen molar-refractivity contribution in [1.82, 2.24) is 9.88 Å². The van der Waals surface area contributed by atoms with Gasteiger partial charge in [0.25, 0.3) is 0 Å². The molecule has 1 aromatic heterocycles. The maximum absolute atomic E-state index is 10.9. The molecule has 0 bridgehead atoms. The van der Waals surface area contributed by atoms with E-state index in [2.05, 4.69) is 50.6 Å². The van der Waals surface area contributed by atoms with Crippen molar-refractivity contribution in [2.75, 3.05) is 19.6 Å². The first kappa shape index (κ1) is 21.2. The lowest BCUT2D eigenvalue weighted by Crippen LogP contribution is -2.24. The molecular weight excluding hydrogens is 338 g/mol. The summed E-state index contributed by atoms with van der Waals surface area (Å²) in [5, 5.41) is 8.96. The van der Waals surface area contributed by atoms with Gasteiger partial charge in [0.05, 0.1) is 5.70 Å². The van der Waals surface area contributed by atoms with Gasteiger partial charge in [0.2, 0.25) is 0 Å². The molecule has 0 spiro atoms. The zero-order valence-electron chi connectivity index (χ0n) is 17.6. The predicted octanol–water partition coefficient (Wildman–Crippen LogP) is 4.51. The second kappa shape index (κ2) is 9.18. The Labute approximate surface area is 162 Å². The van der Waals surface area contributed by atoms with E-state index in [1.807, 2.05) is 6.92 Å². The van der Waals surface area contributed by atoms with Crippen LogP contribution in [0.3, 0.4) is 0 Å². The van der Waals surface area contributed by atoms with Gasteiger partial charge in [-0.25, -0.2) is 0 Å². The smallest absolute Gasteiger partial charge is 0.303 e. The van der Waals surface area contributed by atoms with Crippen molar-refractivity contribution in [1.29, 1.82) is 0 Å². The van der Waals surface area contributed by atoms with Crippen LogP contribution in [0.25, 0.3) is 6.08 Å². The quantitative estimate of drug-likeness (QED) is 0.671. The number of carbonyl (C=O) groups is 1. The average molecular weight is 372 g/mol. The van der Waals surface area contributed by atoms with Gasteiger partial charge >= 0.3 is 5.97 Å². The van der Waals surface area contributed by atoms with Crippen LogP contribution in [-0.4, -0.2) is 46.3 Å². The molecule has 0 saturated heterocycles. The average Bonchev–Trinajstić information content (AvgIpc) is 3.03. The maximum Gasteiger partial charge on any atom is 0.303 e. The van der Waals surface area contributed by atoms with Crippen LogP contribution >= 0.6 is 0 Å². The summed E-state index contributed by atoms with van der Waals surface area (Å²) in [5.41, 5.74) is 9.02. The molecule has 0 aromatic carbocycles. The summed E-state index contributed by atoms with van der Waals surface area (Å²) in [6.07, 6.45) is 3.84. The Bertz CT molecular complexity index is 793. The standard InChI is InChI=1S/C22H33N3O2/c1-7-25(8-2)12-11-19-15(4)21(24-17(19)6)13-20-14(3)18(16(5)23-20)9-10-22(26)27/h13,23H,7-12H2,1-6H3,(H,26,27)/b21-13-. The Morgan fingerprint density at radius 2 is 1.81 bits per heavy atom. The number of aromatic amines is 1. The lowest BCUT2D eigenvalue weighted by Gasteiger charge is -2.18. The van der Waals surface area contributed by atoms with Gasteiger partial charge in [0, 0.05) is 30.1 Å². The SMILES string of the molecule is CCN(CC)CCC1=C(C)/C(=C/c2[nH]c(C)c(CCC(=O)O)c2C)N=C1C. The number of hydrogen-bond acceptors (Lipinski definition) is 3. The monoisotopic (exact) mass is 371 g/mol. The number of nitrogens with zero attached hydrogens (tertiary/aromatic N) is 2. The van der Waals surface area contributed by atoms with E-state index < -0.39 is 5.97 Å². The van der Waals surface area contributed by atoms with E-state index >= 15 is 0 Å². The first-order chi connectivity index (χ1) is 12.8. The number of nitrogens with one attached hydrogen (secondary N) is 1. The van der Waals surface area contributed by atoms with Gasteiger partial charge in [-0.3, -0.25) is 9.79 Å². The molecule has 1 aliphatic rings. The molecule has 148 valence electrons. The van der Waals surface area contributed by atoms with E-state index in [-0.39, 0.29) is 6.42 Å². The fraction of sp³-hybridized carbons (Fsp3) is 0.545. The topological polar surface area (TPSA) is 68.7 Å². The Morgan fingerprint density at radius 1 is 1.15 bits per heavy atom. The fourth-order valence-electron chi connectivity index (χ4n) is 3.78. The number of aromatic nitrogens is 1. The van der Waals surface area contributed by atoms with Crippen LogP contribution in [0.2, 0.25) is 0 Å². The highest BCUT2D eigenvalue weighted by atomic mass is 16.4. The summed E-state index contributed by atoms with van der Waals surface area (Å²) in [5.74, 6) is -0.762. The molecule has 0 saturated carbocycles. The van der Waals surface area contributed by atoms with Gasteiger partial charge in [-0.1, -0.05) is 13.8 Å². The lowest BCUT2D eigenvalue weighted by atomic mass is 10.0. The molecule has 5 heteroatoms. The molecule has 2 N–H and O–H groups in total. The number of H-pyrrole nitrogens is 1. The Morgan fingerprint density at radius 3 is 2.41 bits per heavy atom. The van der Waals surface area contributed by atoms with Crippen LogP contribution in [0.1, 0.15) is 63.1 Å². The largest absolute Gasteiger partial charge is 0.481 e. The molecule has 0 atom stereocenters. The highest BCUT2D eigenvalue weighted by Crippen LogP contribution is 2.30. The molecule has 1 aromatic rings. The van der Waals surface area contributed by atoms with Crippen LogP contribution in [0.4, 0.5) is 0 Å². The number of carboxylic acid groups (broad SMARTS) is 1. The number of hydrogen-bond donors (Lipinski definition) is 2. The number of allylic oxidation sites excluding steroid dienone is 1. The van der Waals surface area contributed by atoms with Gasteiger partial charge < -0.3 is 15.0 Å². The highest BCUT2D eigenvalue weighted by Gasteiger charge is 2.19.